The van der Waals surface area contributed by atoms with E-state index in [-0.39, 0.29) is 36.7 Å². The Balaban J connectivity index is 1.25. The maximum atomic E-state index is 12.9. The van der Waals surface area contributed by atoms with Crippen molar-refractivity contribution in [3.05, 3.63) is 35.9 Å². The predicted octanol–water partition coefficient (Wildman–Crippen LogP) is 1.45. The van der Waals surface area contributed by atoms with E-state index in [9.17, 15) is 19.8 Å². The summed E-state index contributed by atoms with van der Waals surface area (Å²) < 4.78 is 5.40. The highest BCUT2D eigenvalue weighted by Gasteiger charge is 2.51. The number of piperidine rings is 1. The van der Waals surface area contributed by atoms with E-state index < -0.39 is 12.1 Å². The van der Waals surface area contributed by atoms with Gasteiger partial charge >= 0.3 is 6.09 Å². The highest BCUT2D eigenvalue weighted by molar-refractivity contribution is 5.86. The maximum Gasteiger partial charge on any atom is 0.410 e. The summed E-state index contributed by atoms with van der Waals surface area (Å²) in [5, 5.41) is 20.4. The monoisotopic (exact) mass is 445 g/mol. The van der Waals surface area contributed by atoms with E-state index in [1.807, 2.05) is 30.3 Å². The number of carbonyl (C=O) groups excluding carboxylic acids is 2. The first-order chi connectivity index (χ1) is 15.4. The van der Waals surface area contributed by atoms with Gasteiger partial charge in [-0.25, -0.2) is 4.79 Å². The lowest BCUT2D eigenvalue weighted by Crippen LogP contribution is -2.58. The van der Waals surface area contributed by atoms with Crippen molar-refractivity contribution in [2.45, 2.75) is 57.4 Å². The van der Waals surface area contributed by atoms with Crippen LogP contribution in [0.4, 0.5) is 4.79 Å². The Morgan fingerprint density at radius 2 is 1.94 bits per heavy atom. The van der Waals surface area contributed by atoms with E-state index in [1.54, 1.807) is 11.8 Å². The minimum Gasteiger partial charge on any atom is -0.445 e. The molecular weight excluding hydrogens is 410 g/mol. The molecule has 3 atom stereocenters. The number of nitrogens with zero attached hydrogens (tertiary/aromatic N) is 3. The molecule has 8 heteroatoms. The number of amides is 2. The zero-order valence-electron chi connectivity index (χ0n) is 18.9. The zero-order valence-corrected chi connectivity index (χ0v) is 18.9. The van der Waals surface area contributed by atoms with Crippen LogP contribution < -0.4 is 0 Å². The fraction of sp³-hybridized carbons (Fsp3) is 0.667. The third kappa shape index (κ3) is 4.92. The summed E-state index contributed by atoms with van der Waals surface area (Å²) in [5.41, 5.74) is 1.04. The number of aliphatic hydroxyl groups excluding tert-OH is 2. The average molecular weight is 446 g/mol. The maximum absolute atomic E-state index is 12.9. The fourth-order valence-electron chi connectivity index (χ4n) is 5.01. The Morgan fingerprint density at radius 3 is 2.59 bits per heavy atom. The Bertz CT molecular complexity index is 800. The van der Waals surface area contributed by atoms with E-state index in [1.165, 1.54) is 4.90 Å². The third-order valence-electron chi connectivity index (χ3n) is 7.55. The van der Waals surface area contributed by atoms with Crippen LogP contribution in [-0.4, -0.2) is 94.4 Å². The molecule has 1 aliphatic carbocycles. The van der Waals surface area contributed by atoms with Crippen molar-refractivity contribution in [2.24, 2.45) is 5.41 Å². The highest BCUT2D eigenvalue weighted by Crippen LogP contribution is 2.53. The predicted molar refractivity (Wildman–Crippen MR) is 119 cm³/mol. The van der Waals surface area contributed by atoms with Crippen LogP contribution in [0.25, 0.3) is 0 Å². The van der Waals surface area contributed by atoms with E-state index in [0.717, 1.165) is 31.4 Å². The molecule has 2 aliphatic heterocycles. The molecule has 0 bridgehead atoms. The van der Waals surface area contributed by atoms with Crippen LogP contribution in [0.1, 0.15) is 38.2 Å². The second-order valence-electron chi connectivity index (χ2n) is 9.48. The number of ether oxygens (including phenoxy) is 1. The highest BCUT2D eigenvalue weighted by atomic mass is 16.6. The van der Waals surface area contributed by atoms with Gasteiger partial charge in [-0.15, -0.1) is 0 Å². The van der Waals surface area contributed by atoms with Gasteiger partial charge in [0.1, 0.15) is 12.6 Å². The summed E-state index contributed by atoms with van der Waals surface area (Å²) in [6.07, 6.45) is 3.04. The summed E-state index contributed by atoms with van der Waals surface area (Å²) in [6.45, 7) is 4.81. The van der Waals surface area contributed by atoms with Crippen LogP contribution in [-0.2, 0) is 16.1 Å². The normalized spacial score (nSPS) is 26.3. The molecule has 0 radical (unpaired) electrons. The van der Waals surface area contributed by atoms with E-state index in [4.69, 9.17) is 4.74 Å². The lowest BCUT2D eigenvalue weighted by Gasteiger charge is -2.42. The van der Waals surface area contributed by atoms with Crippen molar-refractivity contribution in [3.63, 3.8) is 0 Å². The second kappa shape index (κ2) is 9.77. The molecule has 0 unspecified atom stereocenters. The molecular formula is C24H35N3O5. The van der Waals surface area contributed by atoms with Gasteiger partial charge in [-0.05, 0) is 50.1 Å². The fourth-order valence-corrected chi connectivity index (χ4v) is 5.01. The number of carbonyl (C=O) groups is 2. The average Bonchev–Trinajstić information content (AvgIpc) is 3.59. The molecule has 1 saturated carbocycles. The quantitative estimate of drug-likeness (QED) is 0.660. The number of hydrogen-bond acceptors (Lipinski definition) is 6. The number of rotatable bonds is 7. The van der Waals surface area contributed by atoms with Crippen LogP contribution in [0.15, 0.2) is 30.3 Å². The minimum atomic E-state index is -0.578. The smallest absolute Gasteiger partial charge is 0.410 e. The van der Waals surface area contributed by atoms with Crippen molar-refractivity contribution < 1.29 is 24.5 Å². The molecule has 1 aromatic carbocycles. The lowest BCUT2D eigenvalue weighted by atomic mass is 9.89. The molecule has 4 rings (SSSR count). The van der Waals surface area contributed by atoms with Gasteiger partial charge in [0.05, 0.1) is 12.7 Å². The van der Waals surface area contributed by atoms with Crippen LogP contribution in [0.2, 0.25) is 0 Å². The largest absolute Gasteiger partial charge is 0.445 e. The number of benzene rings is 1. The summed E-state index contributed by atoms with van der Waals surface area (Å²) in [6, 6.07) is 8.82. The lowest BCUT2D eigenvalue weighted by molar-refractivity contribution is -0.140. The molecule has 1 aromatic rings. The van der Waals surface area contributed by atoms with Gasteiger partial charge in [-0.3, -0.25) is 14.6 Å². The SMILES string of the molecule is C[C@H]1C(=O)N(CC[C@@H](CO)N2CCC3(CC3)[C@H](O)C2)CCN1C(=O)OCc1ccccc1. The first kappa shape index (κ1) is 23.0. The van der Waals surface area contributed by atoms with Crippen molar-refractivity contribution in [2.75, 3.05) is 39.3 Å². The molecule has 2 amide bonds. The van der Waals surface area contributed by atoms with Gasteiger partial charge < -0.3 is 19.8 Å². The van der Waals surface area contributed by atoms with Crippen LogP contribution in [0.3, 0.4) is 0 Å². The van der Waals surface area contributed by atoms with Crippen molar-refractivity contribution in [3.8, 4) is 0 Å². The summed E-state index contributed by atoms with van der Waals surface area (Å²) in [7, 11) is 0. The molecule has 8 nitrogen and oxygen atoms in total. The molecule has 3 fully saturated rings. The van der Waals surface area contributed by atoms with Crippen LogP contribution >= 0.6 is 0 Å². The van der Waals surface area contributed by atoms with Gasteiger partial charge in [0, 0.05) is 32.2 Å². The van der Waals surface area contributed by atoms with Gasteiger partial charge in [-0.1, -0.05) is 30.3 Å². The van der Waals surface area contributed by atoms with Gasteiger partial charge in [0.2, 0.25) is 5.91 Å². The number of hydrogen-bond donors (Lipinski definition) is 2. The Hall–Kier alpha value is -2.16. The number of likely N-dealkylation sites (tertiary alicyclic amines) is 1. The van der Waals surface area contributed by atoms with Crippen molar-refractivity contribution in [1.29, 1.82) is 0 Å². The van der Waals surface area contributed by atoms with Gasteiger partial charge in [0.15, 0.2) is 0 Å². The molecule has 0 aromatic heterocycles. The number of piperazine rings is 1. The summed E-state index contributed by atoms with van der Waals surface area (Å²) in [5.74, 6) is -0.0970. The first-order valence-electron chi connectivity index (χ1n) is 11.7. The van der Waals surface area contributed by atoms with Gasteiger partial charge in [0.25, 0.3) is 0 Å². The molecule has 2 saturated heterocycles. The third-order valence-corrected chi connectivity index (χ3v) is 7.55. The first-order valence-corrected chi connectivity index (χ1v) is 11.7. The summed E-state index contributed by atoms with van der Waals surface area (Å²) in [4.78, 5) is 30.8. The van der Waals surface area contributed by atoms with Crippen molar-refractivity contribution in [1.82, 2.24) is 14.7 Å². The van der Waals surface area contributed by atoms with E-state index >= 15 is 0 Å². The van der Waals surface area contributed by atoms with Crippen LogP contribution in [0.5, 0.6) is 0 Å². The van der Waals surface area contributed by atoms with Crippen molar-refractivity contribution >= 4 is 12.0 Å². The molecule has 3 aliphatic rings. The Kier molecular flexibility index (Phi) is 7.02. The Labute approximate surface area is 189 Å². The van der Waals surface area contributed by atoms with Gasteiger partial charge in [-0.2, -0.15) is 0 Å². The molecule has 2 heterocycles. The zero-order chi connectivity index (χ0) is 22.7. The molecule has 176 valence electrons. The number of β-amino-alcohol motifs (C(OH)–C–C–N with tert-alkyl or cyclic N) is 1. The van der Waals surface area contributed by atoms with E-state index in [0.29, 0.717) is 32.6 Å². The van der Waals surface area contributed by atoms with E-state index in [2.05, 4.69) is 4.90 Å². The molecule has 1 spiro atoms. The topological polar surface area (TPSA) is 93.5 Å². The van der Waals surface area contributed by atoms with Crippen LogP contribution in [0, 0.1) is 5.41 Å². The second-order valence-corrected chi connectivity index (χ2v) is 9.48. The summed E-state index contributed by atoms with van der Waals surface area (Å²) >= 11 is 0. The standard InChI is InChI=1S/C24H35N3O5/c1-18-22(30)25(13-14-27(18)23(31)32-17-19-5-3-2-4-6-19)11-7-20(16-28)26-12-10-24(8-9-24)21(29)15-26/h2-6,18,20-21,28-29H,7-17H2,1H3/t18-,20-,21+/m0/s1. The number of aliphatic hydroxyl groups is 2. The molecule has 2 N–H and O–H groups in total. The molecule has 32 heavy (non-hydrogen) atoms. The Morgan fingerprint density at radius 1 is 1.19 bits per heavy atom. The minimum absolute atomic E-state index is 0.00917.